The second-order valence-corrected chi connectivity index (χ2v) is 8.05. The molecule has 0 saturated carbocycles. The summed E-state index contributed by atoms with van der Waals surface area (Å²) in [6.45, 7) is 4.37. The zero-order chi connectivity index (χ0) is 20.7. The van der Waals surface area contributed by atoms with Crippen LogP contribution >= 0.6 is 0 Å². The molecule has 0 aliphatic carbocycles. The summed E-state index contributed by atoms with van der Waals surface area (Å²) in [5.74, 6) is 0.114. The van der Waals surface area contributed by atoms with Crippen molar-refractivity contribution in [1.82, 2.24) is 0 Å². The quantitative estimate of drug-likeness (QED) is 0.104. The average molecular weight is 399 g/mol. The van der Waals surface area contributed by atoms with Crippen LogP contribution in [-0.2, 0) is 19.4 Å². The van der Waals surface area contributed by atoms with Gasteiger partial charge in [0, 0.05) is 12.8 Å². The van der Waals surface area contributed by atoms with E-state index in [4.69, 9.17) is 9.78 Å². The summed E-state index contributed by atoms with van der Waals surface area (Å²) >= 11 is 0. The highest BCUT2D eigenvalue weighted by Gasteiger charge is 2.06. The summed E-state index contributed by atoms with van der Waals surface area (Å²) in [6, 6.07) is 0. The van der Waals surface area contributed by atoms with Crippen molar-refractivity contribution in [2.24, 2.45) is 0 Å². The van der Waals surface area contributed by atoms with Crippen molar-refractivity contribution in [1.29, 1.82) is 0 Å². The third-order valence-electron chi connectivity index (χ3n) is 5.14. The Morgan fingerprint density at radius 2 is 0.750 bits per heavy atom. The Labute approximate surface area is 174 Å². The van der Waals surface area contributed by atoms with Gasteiger partial charge in [0.05, 0.1) is 0 Å². The minimum atomic E-state index is -0.0401. The van der Waals surface area contributed by atoms with Gasteiger partial charge in [0.2, 0.25) is 0 Å². The predicted octanol–water partition coefficient (Wildman–Crippen LogP) is 7.13. The summed E-state index contributed by atoms with van der Waals surface area (Å²) in [5.41, 5.74) is 0. The molecule has 166 valence electrons. The minimum Gasteiger partial charge on any atom is -0.297 e. The lowest BCUT2D eigenvalue weighted by Crippen LogP contribution is -2.13. The van der Waals surface area contributed by atoms with Crippen LogP contribution in [0.1, 0.15) is 129 Å². The molecule has 0 unspecified atom stereocenters. The highest BCUT2D eigenvalue weighted by Crippen LogP contribution is 2.11. The average Bonchev–Trinajstić information content (AvgIpc) is 2.69. The molecule has 0 atom stereocenters. The van der Waals surface area contributed by atoms with Crippen molar-refractivity contribution in [3.05, 3.63) is 0 Å². The first kappa shape index (κ1) is 27.3. The number of unbranched alkanes of at least 4 members (excludes halogenated alkanes) is 14. The molecule has 0 aliphatic rings. The Hall–Kier alpha value is -0.740. The molecule has 0 heterocycles. The van der Waals surface area contributed by atoms with Crippen molar-refractivity contribution < 1.29 is 19.4 Å². The molecule has 0 N–H and O–H groups in total. The lowest BCUT2D eigenvalue weighted by Gasteiger charge is -2.04. The number of ketones is 2. The lowest BCUT2D eigenvalue weighted by atomic mass is 10.1. The molecule has 0 amide bonds. The van der Waals surface area contributed by atoms with Gasteiger partial charge in [-0.15, -0.1) is 0 Å². The van der Waals surface area contributed by atoms with Crippen LogP contribution in [0.3, 0.4) is 0 Å². The Balaban J connectivity index is 3.30. The topological polar surface area (TPSA) is 52.6 Å². The first-order valence-corrected chi connectivity index (χ1v) is 12.0. The Bertz CT molecular complexity index is 321. The van der Waals surface area contributed by atoms with Crippen LogP contribution < -0.4 is 0 Å². The van der Waals surface area contributed by atoms with Gasteiger partial charge in [-0.05, 0) is 12.8 Å². The van der Waals surface area contributed by atoms with E-state index < -0.39 is 0 Å². The molecular weight excluding hydrogens is 352 g/mol. The predicted molar refractivity (Wildman–Crippen MR) is 116 cm³/mol. The lowest BCUT2D eigenvalue weighted by molar-refractivity contribution is -0.283. The van der Waals surface area contributed by atoms with E-state index in [2.05, 4.69) is 13.8 Å². The smallest absolute Gasteiger partial charge is 0.161 e. The highest BCUT2D eigenvalue weighted by molar-refractivity contribution is 5.80. The second kappa shape index (κ2) is 22.5. The fourth-order valence-corrected chi connectivity index (χ4v) is 3.27. The number of Topliss-reactive ketones (excluding diaryl/α,β-unsaturated/α-hetero) is 2. The van der Waals surface area contributed by atoms with E-state index in [1.165, 1.54) is 77.0 Å². The van der Waals surface area contributed by atoms with E-state index >= 15 is 0 Å². The normalized spacial score (nSPS) is 11.1. The van der Waals surface area contributed by atoms with Crippen LogP contribution in [-0.4, -0.2) is 24.8 Å². The Morgan fingerprint density at radius 3 is 1.07 bits per heavy atom. The maximum absolute atomic E-state index is 11.7. The molecule has 0 aliphatic heterocycles. The van der Waals surface area contributed by atoms with E-state index in [-0.39, 0.29) is 24.8 Å². The monoisotopic (exact) mass is 398 g/mol. The molecule has 0 bridgehead atoms. The number of rotatable bonds is 23. The summed E-state index contributed by atoms with van der Waals surface area (Å²) in [5, 5.41) is 0. The van der Waals surface area contributed by atoms with Crippen LogP contribution in [0.25, 0.3) is 0 Å². The first-order chi connectivity index (χ1) is 13.7. The molecule has 4 heteroatoms. The molecule has 4 nitrogen and oxygen atoms in total. The number of hydrogen-bond donors (Lipinski definition) is 0. The van der Waals surface area contributed by atoms with Crippen molar-refractivity contribution in [2.45, 2.75) is 129 Å². The Kier molecular flexibility index (Phi) is 22.0. The van der Waals surface area contributed by atoms with Gasteiger partial charge in [-0.1, -0.05) is 104 Å². The van der Waals surface area contributed by atoms with Crippen LogP contribution in [0.15, 0.2) is 0 Å². The van der Waals surface area contributed by atoms with E-state index in [9.17, 15) is 9.59 Å². The molecule has 0 rings (SSSR count). The summed E-state index contributed by atoms with van der Waals surface area (Å²) < 4.78 is 0. The fourth-order valence-electron chi connectivity index (χ4n) is 3.27. The third-order valence-corrected chi connectivity index (χ3v) is 5.14. The summed E-state index contributed by atoms with van der Waals surface area (Å²) in [4.78, 5) is 33.2. The largest absolute Gasteiger partial charge is 0.297 e. The molecule has 0 aromatic carbocycles. The fraction of sp³-hybridized carbons (Fsp3) is 0.917. The standard InChI is InChI=1S/C24H46O4/c1-3-5-7-9-11-13-15-17-19-23(25)21-27-28-22-24(26)20-18-16-14-12-10-8-6-4-2/h3-22H2,1-2H3. The second-order valence-electron chi connectivity index (χ2n) is 8.05. The van der Waals surface area contributed by atoms with Gasteiger partial charge in [-0.2, -0.15) is 0 Å². The van der Waals surface area contributed by atoms with Crippen LogP contribution in [0.4, 0.5) is 0 Å². The molecule has 0 saturated heterocycles. The SMILES string of the molecule is CCCCCCCCCCC(=O)COOCC(=O)CCCCCCCCCC. The maximum atomic E-state index is 11.7. The number of carbonyl (C=O) groups is 2. The van der Waals surface area contributed by atoms with Crippen LogP contribution in [0.5, 0.6) is 0 Å². The van der Waals surface area contributed by atoms with Gasteiger partial charge in [0.1, 0.15) is 13.2 Å². The molecule has 0 aromatic rings. The van der Waals surface area contributed by atoms with E-state index in [1.54, 1.807) is 0 Å². The molecule has 28 heavy (non-hydrogen) atoms. The zero-order valence-electron chi connectivity index (χ0n) is 18.8. The van der Waals surface area contributed by atoms with Crippen LogP contribution in [0, 0.1) is 0 Å². The van der Waals surface area contributed by atoms with Gasteiger partial charge < -0.3 is 0 Å². The number of hydrogen-bond acceptors (Lipinski definition) is 4. The first-order valence-electron chi connectivity index (χ1n) is 12.0. The van der Waals surface area contributed by atoms with Gasteiger partial charge in [-0.25, -0.2) is 9.78 Å². The van der Waals surface area contributed by atoms with Gasteiger partial charge in [0.15, 0.2) is 11.6 Å². The molecule has 0 aromatic heterocycles. The zero-order valence-corrected chi connectivity index (χ0v) is 18.8. The molecule has 0 radical (unpaired) electrons. The van der Waals surface area contributed by atoms with Crippen molar-refractivity contribution in [3.8, 4) is 0 Å². The maximum Gasteiger partial charge on any atom is 0.161 e. The summed E-state index contributed by atoms with van der Waals surface area (Å²) in [6.07, 6.45) is 20.6. The van der Waals surface area contributed by atoms with Gasteiger partial charge in [0.25, 0.3) is 0 Å². The molecule has 0 fully saturated rings. The van der Waals surface area contributed by atoms with Crippen molar-refractivity contribution >= 4 is 11.6 Å². The van der Waals surface area contributed by atoms with Crippen molar-refractivity contribution in [2.75, 3.05) is 13.2 Å². The number of carbonyl (C=O) groups excluding carboxylic acids is 2. The van der Waals surface area contributed by atoms with Gasteiger partial charge >= 0.3 is 0 Å². The van der Waals surface area contributed by atoms with Crippen molar-refractivity contribution in [3.63, 3.8) is 0 Å². The van der Waals surface area contributed by atoms with E-state index in [1.807, 2.05) is 0 Å². The summed E-state index contributed by atoms with van der Waals surface area (Å²) in [7, 11) is 0. The van der Waals surface area contributed by atoms with Crippen LogP contribution in [0.2, 0.25) is 0 Å². The van der Waals surface area contributed by atoms with Gasteiger partial charge in [-0.3, -0.25) is 9.59 Å². The highest BCUT2D eigenvalue weighted by atomic mass is 17.2. The third kappa shape index (κ3) is 21.6. The minimum absolute atomic E-state index is 0.0401. The van der Waals surface area contributed by atoms with E-state index in [0.717, 1.165) is 25.7 Å². The molecule has 0 spiro atoms. The molecular formula is C24H46O4. The van der Waals surface area contributed by atoms with E-state index in [0.29, 0.717) is 12.8 Å². The Morgan fingerprint density at radius 1 is 0.464 bits per heavy atom.